The second-order valence-corrected chi connectivity index (χ2v) is 14.7. The number of hydrogen-bond acceptors (Lipinski definition) is 6. The summed E-state index contributed by atoms with van der Waals surface area (Å²) in [6.07, 6.45) is 4.88. The highest BCUT2D eigenvalue weighted by Gasteiger charge is 2.39. The van der Waals surface area contributed by atoms with Crippen molar-refractivity contribution in [2.45, 2.75) is 76.9 Å². The number of ether oxygens (including phenoxy) is 1. The van der Waals surface area contributed by atoms with Crippen molar-refractivity contribution < 1.29 is 19.1 Å². The average molecular weight is 683 g/mol. The normalized spacial score (nSPS) is 20.9. The maximum Gasteiger partial charge on any atom is 0.410 e. The Kier molecular flexibility index (Phi) is 10.1. The lowest BCUT2D eigenvalue weighted by atomic mass is 9.79. The van der Waals surface area contributed by atoms with Crippen molar-refractivity contribution >= 4 is 34.6 Å². The van der Waals surface area contributed by atoms with Crippen LogP contribution in [0.1, 0.15) is 68.1 Å². The molecule has 1 unspecified atom stereocenters. The molecule has 11 heteroatoms. The topological polar surface area (TPSA) is 127 Å². The highest BCUT2D eigenvalue weighted by atomic mass is 16.6. The number of anilines is 1. The Morgan fingerprint density at radius 2 is 1.54 bits per heavy atom. The third-order valence-electron chi connectivity index (χ3n) is 11.7. The number of hydrogen-bond donors (Lipinski definition) is 3. The van der Waals surface area contributed by atoms with Crippen LogP contribution in [0.5, 0.6) is 0 Å². The van der Waals surface area contributed by atoms with Gasteiger partial charge in [-0.3, -0.25) is 9.59 Å². The molecule has 50 heavy (non-hydrogen) atoms. The van der Waals surface area contributed by atoms with Crippen LogP contribution in [-0.2, 0) is 16.0 Å². The van der Waals surface area contributed by atoms with E-state index in [-0.39, 0.29) is 23.5 Å². The molecule has 0 saturated carbocycles. The van der Waals surface area contributed by atoms with Gasteiger partial charge in [-0.25, -0.2) is 9.59 Å². The number of aromatic nitrogens is 1. The predicted octanol–water partition coefficient (Wildman–Crippen LogP) is 5.24. The van der Waals surface area contributed by atoms with Gasteiger partial charge >= 0.3 is 12.1 Å². The third kappa shape index (κ3) is 7.24. The Morgan fingerprint density at radius 3 is 2.30 bits per heavy atom. The molecule has 0 radical (unpaired) electrons. The summed E-state index contributed by atoms with van der Waals surface area (Å²) in [5, 5.41) is 7.39. The number of nitrogens with one attached hydrogen (secondary N) is 3. The average Bonchev–Trinajstić information content (AvgIpc) is 3.32. The van der Waals surface area contributed by atoms with Crippen molar-refractivity contribution in [2.24, 2.45) is 11.8 Å². The number of amides is 4. The number of aromatic amines is 1. The number of carbonyl (C=O) groups is 3. The number of carbonyl (C=O) groups excluding carboxylic acids is 3. The van der Waals surface area contributed by atoms with Gasteiger partial charge in [0, 0.05) is 56.4 Å². The van der Waals surface area contributed by atoms with Crippen molar-refractivity contribution in [2.75, 3.05) is 51.1 Å². The lowest BCUT2D eigenvalue weighted by molar-refractivity contribution is -0.143. The zero-order valence-electron chi connectivity index (χ0n) is 29.3. The molecule has 0 bridgehead atoms. The molecule has 3 saturated heterocycles. The molecule has 1 aromatic heterocycles. The fourth-order valence-corrected chi connectivity index (χ4v) is 8.65. The highest BCUT2D eigenvalue weighted by Crippen LogP contribution is 2.34. The molecule has 0 spiro atoms. The molecule has 3 fully saturated rings. The number of para-hydroxylation sites is 1. The van der Waals surface area contributed by atoms with E-state index in [9.17, 15) is 19.2 Å². The van der Waals surface area contributed by atoms with Gasteiger partial charge in [0.1, 0.15) is 0 Å². The summed E-state index contributed by atoms with van der Waals surface area (Å²) in [7, 11) is 0. The molecule has 2 aromatic carbocycles. The van der Waals surface area contributed by atoms with Gasteiger partial charge in [0.05, 0.1) is 5.52 Å². The van der Waals surface area contributed by atoms with Gasteiger partial charge in [-0.1, -0.05) is 31.2 Å². The Balaban J connectivity index is 1.05. The van der Waals surface area contributed by atoms with Gasteiger partial charge in [0.25, 0.3) is 5.91 Å². The summed E-state index contributed by atoms with van der Waals surface area (Å²) < 4.78 is 6.24. The maximum atomic E-state index is 14.3. The van der Waals surface area contributed by atoms with E-state index < -0.39 is 18.1 Å². The van der Waals surface area contributed by atoms with E-state index in [1.165, 1.54) is 18.9 Å². The van der Waals surface area contributed by atoms with Gasteiger partial charge in [-0.2, -0.15) is 0 Å². The first-order valence-corrected chi connectivity index (χ1v) is 18.5. The molecule has 0 aliphatic carbocycles. The minimum Gasteiger partial charge on any atom is -0.435 e. The van der Waals surface area contributed by atoms with Crippen molar-refractivity contribution in [3.63, 3.8) is 0 Å². The van der Waals surface area contributed by atoms with Gasteiger partial charge < -0.3 is 35.1 Å². The predicted molar refractivity (Wildman–Crippen MR) is 193 cm³/mol. The minimum absolute atomic E-state index is 0.0120. The number of nitrogens with zero attached hydrogens (tertiary/aromatic N) is 3. The lowest BCUT2D eigenvalue weighted by Crippen LogP contribution is -2.52. The summed E-state index contributed by atoms with van der Waals surface area (Å²) >= 11 is 0. The standard InChI is InChI=1S/C39H50N6O5/c1-25-23-31(24-30-7-8-34(46)42-35(25)30)26(2)36(37(47)43-18-11-28(12-19-43)27-9-16-40-17-10-27)50-39(49)44-20-14-32(15-21-44)45-22-13-29-5-3-4-6-33(29)41-38(45)48/h3-8,23-24,26-28,32,36,40H,9-22H2,1-2H3,(H,41,48)(H,42,46)/t26-,36?/m1/s1. The van der Waals surface area contributed by atoms with Gasteiger partial charge in [-0.15, -0.1) is 0 Å². The van der Waals surface area contributed by atoms with Crippen LogP contribution >= 0.6 is 0 Å². The smallest absolute Gasteiger partial charge is 0.410 e. The van der Waals surface area contributed by atoms with Gasteiger partial charge in [-0.05, 0) is 117 Å². The van der Waals surface area contributed by atoms with Crippen LogP contribution in [0.15, 0.2) is 53.3 Å². The van der Waals surface area contributed by atoms with Crippen LogP contribution in [0.3, 0.4) is 0 Å². The number of H-pyrrole nitrogens is 1. The van der Waals surface area contributed by atoms with Crippen molar-refractivity contribution in [3.8, 4) is 0 Å². The highest BCUT2D eigenvalue weighted by molar-refractivity contribution is 5.91. The molecule has 266 valence electrons. The summed E-state index contributed by atoms with van der Waals surface area (Å²) in [6, 6.07) is 15.1. The number of benzene rings is 2. The molecule has 2 atom stereocenters. The van der Waals surface area contributed by atoms with E-state index in [1.54, 1.807) is 11.0 Å². The van der Waals surface area contributed by atoms with Crippen LogP contribution in [0.4, 0.5) is 15.3 Å². The van der Waals surface area contributed by atoms with Crippen LogP contribution in [0.25, 0.3) is 10.9 Å². The Hall–Kier alpha value is -4.38. The first-order valence-electron chi connectivity index (χ1n) is 18.5. The zero-order valence-corrected chi connectivity index (χ0v) is 29.3. The first kappa shape index (κ1) is 34.1. The molecular formula is C39H50N6O5. The number of urea groups is 1. The van der Waals surface area contributed by atoms with Crippen molar-refractivity contribution in [1.82, 2.24) is 25.0 Å². The maximum absolute atomic E-state index is 14.3. The molecule has 7 rings (SSSR count). The van der Waals surface area contributed by atoms with E-state index in [0.717, 1.165) is 65.6 Å². The summed E-state index contributed by atoms with van der Waals surface area (Å²) in [4.78, 5) is 61.8. The van der Waals surface area contributed by atoms with Gasteiger partial charge in [0.15, 0.2) is 6.10 Å². The number of aryl methyl sites for hydroxylation is 1. The summed E-state index contributed by atoms with van der Waals surface area (Å²) in [5.41, 5.74) is 4.35. The van der Waals surface area contributed by atoms with Crippen LogP contribution in [0, 0.1) is 18.8 Å². The van der Waals surface area contributed by atoms with E-state index >= 15 is 0 Å². The molecule has 4 aliphatic rings. The molecular weight excluding hydrogens is 632 g/mol. The molecule has 11 nitrogen and oxygen atoms in total. The number of rotatable bonds is 6. The van der Waals surface area contributed by atoms with E-state index in [4.69, 9.17) is 4.74 Å². The molecule has 5 heterocycles. The number of piperidine rings is 3. The largest absolute Gasteiger partial charge is 0.435 e. The zero-order chi connectivity index (χ0) is 34.8. The SMILES string of the molecule is Cc1cc([C@@H](C)C(OC(=O)N2CCC(N3CCc4ccccc4NC3=O)CC2)C(=O)N2CCC(C3CCNCC3)CC2)cc2ccc(=O)[nH]c12. The van der Waals surface area contributed by atoms with Crippen molar-refractivity contribution in [3.05, 3.63) is 75.6 Å². The van der Waals surface area contributed by atoms with E-state index in [2.05, 4.69) is 15.6 Å². The van der Waals surface area contributed by atoms with Crippen LogP contribution in [-0.4, -0.2) is 95.7 Å². The fraction of sp³-hybridized carbons (Fsp3) is 0.538. The van der Waals surface area contributed by atoms with E-state index in [0.29, 0.717) is 57.4 Å². The molecule has 3 aromatic rings. The van der Waals surface area contributed by atoms with Crippen LogP contribution < -0.4 is 16.2 Å². The fourth-order valence-electron chi connectivity index (χ4n) is 8.65. The number of pyridine rings is 1. The summed E-state index contributed by atoms with van der Waals surface area (Å²) in [5.74, 6) is 0.756. The van der Waals surface area contributed by atoms with E-state index in [1.807, 2.05) is 60.0 Å². The third-order valence-corrected chi connectivity index (χ3v) is 11.7. The molecule has 4 aliphatic heterocycles. The number of likely N-dealkylation sites (tertiary alicyclic amines) is 2. The Morgan fingerprint density at radius 1 is 0.840 bits per heavy atom. The quantitative estimate of drug-likeness (QED) is 0.327. The monoisotopic (exact) mass is 682 g/mol. The first-order chi connectivity index (χ1) is 24.2. The van der Waals surface area contributed by atoms with Gasteiger partial charge in [0.2, 0.25) is 5.56 Å². The van der Waals surface area contributed by atoms with Crippen LogP contribution in [0.2, 0.25) is 0 Å². The molecule has 4 amide bonds. The minimum atomic E-state index is -0.995. The second kappa shape index (κ2) is 14.8. The Labute approximate surface area is 293 Å². The van der Waals surface area contributed by atoms with Crippen molar-refractivity contribution in [1.29, 1.82) is 0 Å². The molecule has 3 N–H and O–H groups in total. The summed E-state index contributed by atoms with van der Waals surface area (Å²) in [6.45, 7) is 8.87. The second-order valence-electron chi connectivity index (χ2n) is 14.7. The Bertz CT molecular complexity index is 1770. The number of fused-ring (bicyclic) bond motifs is 2. The lowest BCUT2D eigenvalue weighted by Gasteiger charge is -2.40.